The molecule has 3 rings (SSSR count). The first-order valence-electron chi connectivity index (χ1n) is 8.15. The number of aliphatic hydroxyl groups is 1. The van der Waals surface area contributed by atoms with Gasteiger partial charge in [0.2, 0.25) is 5.95 Å². The Hall–Kier alpha value is -2.65. The Morgan fingerprint density at radius 1 is 1.27 bits per heavy atom. The van der Waals surface area contributed by atoms with Crippen LogP contribution in [-0.4, -0.2) is 42.7 Å². The summed E-state index contributed by atoms with van der Waals surface area (Å²) in [5.74, 6) is 1.04. The average molecular weight is 377 g/mol. The van der Waals surface area contributed by atoms with Crippen LogP contribution in [0.2, 0.25) is 5.02 Å². The van der Waals surface area contributed by atoms with E-state index in [1.807, 2.05) is 13.8 Å². The Morgan fingerprint density at radius 2 is 2.04 bits per heavy atom. The monoisotopic (exact) mass is 376 g/mol. The number of rotatable bonds is 6. The summed E-state index contributed by atoms with van der Waals surface area (Å²) in [4.78, 5) is 8.95. The van der Waals surface area contributed by atoms with Crippen LogP contribution in [0.5, 0.6) is 0 Å². The van der Waals surface area contributed by atoms with Gasteiger partial charge in [0.25, 0.3) is 0 Å². The third-order valence-electron chi connectivity index (χ3n) is 3.95. The highest BCUT2D eigenvalue weighted by molar-refractivity contribution is 6.31. The molecule has 0 fully saturated rings. The van der Waals surface area contributed by atoms with Crippen molar-refractivity contribution in [2.45, 2.75) is 19.9 Å². The van der Waals surface area contributed by atoms with Crippen LogP contribution in [0.1, 0.15) is 13.8 Å². The van der Waals surface area contributed by atoms with E-state index >= 15 is 0 Å². The highest BCUT2D eigenvalue weighted by Crippen LogP contribution is 2.27. The molecule has 1 atom stereocenters. The van der Waals surface area contributed by atoms with Crippen molar-refractivity contribution in [2.75, 3.05) is 23.0 Å². The van der Waals surface area contributed by atoms with Crippen molar-refractivity contribution in [3.8, 4) is 0 Å². The van der Waals surface area contributed by atoms with E-state index in [-0.39, 0.29) is 18.6 Å². The van der Waals surface area contributed by atoms with E-state index in [0.717, 1.165) is 0 Å². The van der Waals surface area contributed by atoms with Gasteiger partial charge in [0.1, 0.15) is 0 Å². The lowest BCUT2D eigenvalue weighted by molar-refractivity contribution is 0.248. The molecular weight excluding hydrogens is 356 g/mol. The fraction of sp³-hybridized carbons (Fsp3) is 0.375. The van der Waals surface area contributed by atoms with Crippen molar-refractivity contribution in [3.63, 3.8) is 0 Å². The topological polar surface area (TPSA) is 127 Å². The summed E-state index contributed by atoms with van der Waals surface area (Å²) < 4.78 is 1.56. The van der Waals surface area contributed by atoms with E-state index in [4.69, 9.17) is 17.3 Å². The normalized spacial score (nSPS) is 12.5. The number of hydrogen-bond donors (Lipinski definition) is 4. The molecule has 0 saturated carbocycles. The van der Waals surface area contributed by atoms with Crippen LogP contribution in [0.25, 0.3) is 11.2 Å². The second kappa shape index (κ2) is 7.30. The SMILES string of the molecule is CC(C)[C@H](CO)Nc1nc(Nc2cc(N)cc(Cl)c2)c2nnn(C)c2n1. The first-order chi connectivity index (χ1) is 12.4. The lowest BCUT2D eigenvalue weighted by Gasteiger charge is -2.20. The third kappa shape index (κ3) is 3.78. The van der Waals surface area contributed by atoms with Crippen molar-refractivity contribution in [2.24, 2.45) is 13.0 Å². The van der Waals surface area contributed by atoms with Gasteiger partial charge in [-0.3, -0.25) is 0 Å². The molecule has 0 radical (unpaired) electrons. The number of aromatic nitrogens is 5. The molecule has 0 aliphatic carbocycles. The minimum atomic E-state index is -0.177. The number of anilines is 4. The first kappa shape index (κ1) is 18.2. The highest BCUT2D eigenvalue weighted by Gasteiger charge is 2.18. The molecule has 1 aromatic carbocycles. The molecule has 0 bridgehead atoms. The number of nitrogens with two attached hydrogens (primary N) is 1. The van der Waals surface area contributed by atoms with Crippen LogP contribution in [-0.2, 0) is 7.05 Å². The third-order valence-corrected chi connectivity index (χ3v) is 4.17. The average Bonchev–Trinajstić information content (AvgIpc) is 2.93. The standard InChI is InChI=1S/C16H21ClN8O/c1-8(2)12(7-26)20-16-21-14(13-15(22-16)25(3)24-23-13)19-11-5-9(17)4-10(18)6-11/h4-6,8,12,26H,7,18H2,1-3H3,(H2,19,20,21,22)/t12-/m0/s1. The van der Waals surface area contributed by atoms with Crippen molar-refractivity contribution in [1.29, 1.82) is 0 Å². The van der Waals surface area contributed by atoms with E-state index < -0.39 is 0 Å². The van der Waals surface area contributed by atoms with Crippen LogP contribution in [0, 0.1) is 5.92 Å². The van der Waals surface area contributed by atoms with E-state index in [2.05, 4.69) is 30.9 Å². The van der Waals surface area contributed by atoms with Gasteiger partial charge in [-0.25, -0.2) is 4.68 Å². The lowest BCUT2D eigenvalue weighted by Crippen LogP contribution is -2.30. The van der Waals surface area contributed by atoms with Crippen LogP contribution in [0.3, 0.4) is 0 Å². The van der Waals surface area contributed by atoms with Crippen LogP contribution in [0.4, 0.5) is 23.1 Å². The van der Waals surface area contributed by atoms with E-state index in [0.29, 0.717) is 39.3 Å². The zero-order chi connectivity index (χ0) is 18.8. The molecule has 0 spiro atoms. The van der Waals surface area contributed by atoms with Gasteiger partial charge < -0.3 is 21.5 Å². The summed E-state index contributed by atoms with van der Waals surface area (Å²) in [6, 6.07) is 4.96. The van der Waals surface area contributed by atoms with Gasteiger partial charge >= 0.3 is 0 Å². The summed E-state index contributed by atoms with van der Waals surface area (Å²) >= 11 is 6.07. The highest BCUT2D eigenvalue weighted by atomic mass is 35.5. The fourth-order valence-electron chi connectivity index (χ4n) is 2.48. The second-order valence-electron chi connectivity index (χ2n) is 6.36. The Morgan fingerprint density at radius 3 is 2.69 bits per heavy atom. The maximum atomic E-state index is 9.56. The molecular formula is C16H21ClN8O. The molecule has 2 heterocycles. The molecule has 138 valence electrons. The number of aryl methyl sites for hydroxylation is 1. The molecule has 0 aliphatic heterocycles. The minimum absolute atomic E-state index is 0.0315. The van der Waals surface area contributed by atoms with Crippen LogP contribution in [0.15, 0.2) is 18.2 Å². The van der Waals surface area contributed by atoms with Gasteiger partial charge in [0, 0.05) is 23.4 Å². The van der Waals surface area contributed by atoms with Gasteiger partial charge in [0.15, 0.2) is 17.0 Å². The van der Waals surface area contributed by atoms with Gasteiger partial charge in [-0.15, -0.1) is 5.10 Å². The number of nitrogens with zero attached hydrogens (tertiary/aromatic N) is 5. The van der Waals surface area contributed by atoms with Gasteiger partial charge in [0.05, 0.1) is 12.6 Å². The molecule has 0 amide bonds. The van der Waals surface area contributed by atoms with Crippen LogP contribution >= 0.6 is 11.6 Å². The molecule has 9 nitrogen and oxygen atoms in total. The molecule has 0 saturated heterocycles. The van der Waals surface area contributed by atoms with Crippen molar-refractivity contribution in [1.82, 2.24) is 25.0 Å². The number of nitrogen functional groups attached to an aromatic ring is 1. The Kier molecular flexibility index (Phi) is 5.10. The summed E-state index contributed by atoms with van der Waals surface area (Å²) in [6.07, 6.45) is 0. The van der Waals surface area contributed by atoms with Crippen molar-refractivity contribution in [3.05, 3.63) is 23.2 Å². The Labute approximate surface area is 155 Å². The molecule has 0 unspecified atom stereocenters. The van der Waals surface area contributed by atoms with Gasteiger partial charge in [-0.2, -0.15) is 9.97 Å². The Bertz CT molecular complexity index is 906. The number of halogens is 1. The predicted molar refractivity (Wildman–Crippen MR) is 103 cm³/mol. The molecule has 0 aliphatic rings. The quantitative estimate of drug-likeness (QED) is 0.482. The molecule has 3 aromatic rings. The summed E-state index contributed by atoms with van der Waals surface area (Å²) in [7, 11) is 1.75. The van der Waals surface area contributed by atoms with Crippen LogP contribution < -0.4 is 16.4 Å². The number of nitrogens with one attached hydrogen (secondary N) is 2. The van der Waals surface area contributed by atoms with Gasteiger partial charge in [-0.1, -0.05) is 30.7 Å². The summed E-state index contributed by atoms with van der Waals surface area (Å²) in [5, 5.41) is 24.5. The Balaban J connectivity index is 2.02. The molecule has 26 heavy (non-hydrogen) atoms. The smallest absolute Gasteiger partial charge is 0.227 e. The van der Waals surface area contributed by atoms with E-state index in [1.165, 1.54) is 0 Å². The first-order valence-corrected chi connectivity index (χ1v) is 8.53. The number of fused-ring (bicyclic) bond motifs is 1. The molecule has 5 N–H and O–H groups in total. The largest absolute Gasteiger partial charge is 0.399 e. The fourth-order valence-corrected chi connectivity index (χ4v) is 2.72. The number of aliphatic hydroxyl groups excluding tert-OH is 1. The lowest BCUT2D eigenvalue weighted by atomic mass is 10.1. The molecule has 10 heteroatoms. The second-order valence-corrected chi connectivity index (χ2v) is 6.79. The van der Waals surface area contributed by atoms with E-state index in [1.54, 1.807) is 29.9 Å². The summed E-state index contributed by atoms with van der Waals surface area (Å²) in [5.41, 5.74) is 8.12. The maximum Gasteiger partial charge on any atom is 0.227 e. The summed E-state index contributed by atoms with van der Waals surface area (Å²) in [6.45, 7) is 3.98. The minimum Gasteiger partial charge on any atom is -0.399 e. The number of hydrogen-bond acceptors (Lipinski definition) is 8. The predicted octanol–water partition coefficient (Wildman–Crippen LogP) is 2.17. The number of benzene rings is 1. The molecule has 2 aromatic heterocycles. The zero-order valence-electron chi connectivity index (χ0n) is 14.7. The zero-order valence-corrected chi connectivity index (χ0v) is 15.5. The van der Waals surface area contributed by atoms with Crippen molar-refractivity contribution >= 4 is 45.9 Å². The van der Waals surface area contributed by atoms with Crippen molar-refractivity contribution < 1.29 is 5.11 Å². The van der Waals surface area contributed by atoms with Gasteiger partial charge in [-0.05, 0) is 24.1 Å². The maximum absolute atomic E-state index is 9.56. The van der Waals surface area contributed by atoms with E-state index in [9.17, 15) is 5.11 Å².